The maximum absolute atomic E-state index is 13.2. The molecule has 0 aliphatic carbocycles. The number of rotatable bonds is 15. The fourth-order valence-electron chi connectivity index (χ4n) is 3.34. The van der Waals surface area contributed by atoms with Gasteiger partial charge in [0.05, 0.1) is 0 Å². The van der Waals surface area contributed by atoms with Gasteiger partial charge in [-0.05, 0) is 0 Å². The Balaban J connectivity index is 0.00000576. The average molecular weight is 476 g/mol. The third kappa shape index (κ3) is 13.1. The van der Waals surface area contributed by atoms with Crippen molar-refractivity contribution in [1.82, 2.24) is 0 Å². The zero-order valence-electron chi connectivity index (χ0n) is 16.5. The minimum absolute atomic E-state index is 0. The van der Waals surface area contributed by atoms with Crippen molar-refractivity contribution in [2.45, 2.75) is 99.8 Å². The first-order valence-electron chi connectivity index (χ1n) is 10.4. The number of hydrogen-bond donors (Lipinski definition) is 0. The first-order valence-corrected chi connectivity index (χ1v) is 15.8. The van der Waals surface area contributed by atoms with Crippen LogP contribution in [-0.4, -0.2) is 19.8 Å². The van der Waals surface area contributed by atoms with Crippen LogP contribution >= 0.6 is 0 Å². The molecule has 144 valence electrons. The van der Waals surface area contributed by atoms with Crippen LogP contribution < -0.4 is 16.0 Å². The Morgan fingerprint density at radius 1 is 0.640 bits per heavy atom. The molecule has 1 aromatic rings. The Bertz CT molecular complexity index is 378. The predicted octanol–water partition coefficient (Wildman–Crippen LogP) is 4.25. The molecule has 0 heterocycles. The summed E-state index contributed by atoms with van der Waals surface area (Å²) in [6.45, 7) is 4.56. The van der Waals surface area contributed by atoms with Gasteiger partial charge in [-0.15, -0.1) is 0 Å². The van der Waals surface area contributed by atoms with E-state index < -0.39 is 19.8 Å². The van der Waals surface area contributed by atoms with Crippen LogP contribution in [0.25, 0.3) is 0 Å². The third-order valence-electron chi connectivity index (χ3n) is 4.92. The van der Waals surface area contributed by atoms with Crippen molar-refractivity contribution < 1.29 is 16.8 Å². The van der Waals surface area contributed by atoms with Gasteiger partial charge in [0.15, 0.2) is 0 Å². The molecule has 0 saturated heterocycles. The van der Waals surface area contributed by atoms with Crippen molar-refractivity contribution in [2.24, 2.45) is 0 Å². The largest absolute Gasteiger partial charge is 1.00 e. The molecule has 0 aliphatic rings. The van der Waals surface area contributed by atoms with Crippen LogP contribution in [-0.2, 0) is 0 Å². The van der Waals surface area contributed by atoms with Crippen molar-refractivity contribution >= 4 is 23.3 Å². The maximum atomic E-state index is 13.2. The molecular formula is C22H38ClFSn. The Morgan fingerprint density at radius 2 is 1.04 bits per heavy atom. The van der Waals surface area contributed by atoms with Crippen LogP contribution in [0, 0.1) is 5.82 Å². The molecule has 0 radical (unpaired) electrons. The normalized spacial score (nSPS) is 10.5. The molecule has 0 saturated carbocycles. The van der Waals surface area contributed by atoms with Gasteiger partial charge in [-0.3, -0.25) is 0 Å². The third-order valence-corrected chi connectivity index (χ3v) is 13.7. The van der Waals surface area contributed by atoms with Crippen molar-refractivity contribution in [2.75, 3.05) is 0 Å². The standard InChI is InChI=1S/2C8H17.C6H4F.ClH.Sn/c2*1-3-5-7-8-6-4-2;7-6-4-2-1-3-5-6;;/h2*1,3-8H2,2H3;2-5H;1H;/q;;;;+1/p-1. The SMILES string of the molecule is CCCCCCC[CH2][Sn+]([CH2]CCCCCCC)[c]1ccc(F)cc1.[Cl-]. The molecule has 0 N–H and O–H groups in total. The van der Waals surface area contributed by atoms with Crippen molar-refractivity contribution in [1.29, 1.82) is 0 Å². The number of halogens is 2. The molecule has 0 bridgehead atoms. The smallest absolute Gasteiger partial charge is 1.00 e. The zero-order chi connectivity index (χ0) is 17.5. The molecule has 1 aromatic carbocycles. The molecule has 0 unspecified atom stereocenters. The van der Waals surface area contributed by atoms with Crippen LogP contribution in [0.5, 0.6) is 0 Å². The molecule has 0 spiro atoms. The summed E-state index contributed by atoms with van der Waals surface area (Å²) in [4.78, 5) is 0. The van der Waals surface area contributed by atoms with Gasteiger partial charge in [-0.2, -0.15) is 0 Å². The molecule has 1 rings (SSSR count). The van der Waals surface area contributed by atoms with E-state index in [9.17, 15) is 4.39 Å². The summed E-state index contributed by atoms with van der Waals surface area (Å²) < 4.78 is 17.7. The average Bonchev–Trinajstić information content (AvgIpc) is 2.60. The van der Waals surface area contributed by atoms with Crippen molar-refractivity contribution in [3.63, 3.8) is 0 Å². The monoisotopic (exact) mass is 476 g/mol. The van der Waals surface area contributed by atoms with E-state index in [-0.39, 0.29) is 18.2 Å². The fourth-order valence-corrected chi connectivity index (χ4v) is 11.4. The Hall–Kier alpha value is 0.239. The molecule has 0 atom stereocenters. The Morgan fingerprint density at radius 3 is 1.48 bits per heavy atom. The van der Waals surface area contributed by atoms with Crippen molar-refractivity contribution in [3.05, 3.63) is 30.1 Å². The van der Waals surface area contributed by atoms with E-state index in [4.69, 9.17) is 0 Å². The van der Waals surface area contributed by atoms with Crippen molar-refractivity contribution in [3.8, 4) is 0 Å². The van der Waals surface area contributed by atoms with Gasteiger partial charge in [0.1, 0.15) is 0 Å². The summed E-state index contributed by atoms with van der Waals surface area (Å²) in [5, 5.41) is 0. The van der Waals surface area contributed by atoms with Gasteiger partial charge < -0.3 is 12.4 Å². The summed E-state index contributed by atoms with van der Waals surface area (Å²) in [6.07, 6.45) is 16.7. The summed E-state index contributed by atoms with van der Waals surface area (Å²) in [6, 6.07) is 7.55. The first kappa shape index (κ1) is 25.2. The van der Waals surface area contributed by atoms with Gasteiger partial charge in [0, 0.05) is 0 Å². The van der Waals surface area contributed by atoms with Crippen LogP contribution in [0.4, 0.5) is 4.39 Å². The molecule has 0 aromatic heterocycles. The summed E-state index contributed by atoms with van der Waals surface area (Å²) in [5.41, 5.74) is 0. The van der Waals surface area contributed by atoms with Crippen LogP contribution in [0.2, 0.25) is 8.87 Å². The summed E-state index contributed by atoms with van der Waals surface area (Å²) in [5.74, 6) is -0.0828. The zero-order valence-corrected chi connectivity index (χ0v) is 20.1. The Labute approximate surface area is 169 Å². The topological polar surface area (TPSA) is 0 Å². The summed E-state index contributed by atoms with van der Waals surface area (Å²) >= 11 is -1.53. The van der Waals surface area contributed by atoms with E-state index in [0.29, 0.717) is 0 Å². The second-order valence-corrected chi connectivity index (χ2v) is 15.1. The quantitative estimate of drug-likeness (QED) is 0.263. The Kier molecular flexibility index (Phi) is 17.8. The first-order chi connectivity index (χ1) is 11.8. The molecule has 0 amide bonds. The second kappa shape index (κ2) is 17.6. The molecule has 0 aliphatic heterocycles. The summed E-state index contributed by atoms with van der Waals surface area (Å²) in [7, 11) is 0. The minimum Gasteiger partial charge on any atom is -1.00 e. The minimum atomic E-state index is -1.53. The van der Waals surface area contributed by atoms with Gasteiger partial charge in [-0.25, -0.2) is 0 Å². The van der Waals surface area contributed by atoms with E-state index in [2.05, 4.69) is 26.0 Å². The van der Waals surface area contributed by atoms with E-state index in [0.717, 1.165) is 0 Å². The van der Waals surface area contributed by atoms with E-state index in [1.807, 2.05) is 0 Å². The number of unbranched alkanes of at least 4 members (excludes halogenated alkanes) is 10. The van der Waals surface area contributed by atoms with Gasteiger partial charge in [-0.1, -0.05) is 0 Å². The molecule has 25 heavy (non-hydrogen) atoms. The van der Waals surface area contributed by atoms with E-state index in [1.54, 1.807) is 15.7 Å². The number of benzene rings is 1. The maximum Gasteiger partial charge on any atom is -1.00 e. The molecule has 3 heteroatoms. The van der Waals surface area contributed by atoms with Crippen LogP contribution in [0.1, 0.15) is 90.9 Å². The van der Waals surface area contributed by atoms with Crippen LogP contribution in [0.3, 0.4) is 0 Å². The van der Waals surface area contributed by atoms with Gasteiger partial charge in [0.2, 0.25) is 0 Å². The molecule has 0 fully saturated rings. The van der Waals surface area contributed by atoms with E-state index >= 15 is 0 Å². The predicted molar refractivity (Wildman–Crippen MR) is 108 cm³/mol. The fraction of sp³-hybridized carbons (Fsp3) is 0.727. The molecular weight excluding hydrogens is 437 g/mol. The van der Waals surface area contributed by atoms with E-state index in [1.165, 1.54) is 85.9 Å². The molecule has 0 nitrogen and oxygen atoms in total. The van der Waals surface area contributed by atoms with Gasteiger partial charge in [0.25, 0.3) is 0 Å². The second-order valence-electron chi connectivity index (χ2n) is 7.15. The number of hydrogen-bond acceptors (Lipinski definition) is 0. The van der Waals surface area contributed by atoms with Gasteiger partial charge >= 0.3 is 158 Å². The van der Waals surface area contributed by atoms with Crippen LogP contribution in [0.15, 0.2) is 24.3 Å².